The molecule has 0 atom stereocenters. The van der Waals surface area contributed by atoms with Gasteiger partial charge >= 0.3 is 0 Å². The van der Waals surface area contributed by atoms with Crippen molar-refractivity contribution in [1.29, 1.82) is 0 Å². The zero-order valence-corrected chi connectivity index (χ0v) is 13.2. The number of carbonyl (C=O) groups is 1. The third kappa shape index (κ3) is 3.38. The second-order valence-corrected chi connectivity index (χ2v) is 6.77. The molecule has 0 radical (unpaired) electrons. The summed E-state index contributed by atoms with van der Waals surface area (Å²) in [6.07, 6.45) is 8.57. The fourth-order valence-electron chi connectivity index (χ4n) is 2.96. The molecular formula is C16H25NOS. The van der Waals surface area contributed by atoms with E-state index in [-0.39, 0.29) is 5.91 Å². The zero-order valence-electron chi connectivity index (χ0n) is 12.4. The lowest BCUT2D eigenvalue weighted by molar-refractivity contribution is 0.0722. The van der Waals surface area contributed by atoms with E-state index in [9.17, 15) is 4.79 Å². The summed E-state index contributed by atoms with van der Waals surface area (Å²) in [5, 5.41) is 0. The minimum Gasteiger partial charge on any atom is -0.338 e. The fraction of sp³-hybridized carbons (Fsp3) is 0.688. The van der Waals surface area contributed by atoms with Crippen molar-refractivity contribution in [2.45, 2.75) is 64.8 Å². The van der Waals surface area contributed by atoms with Crippen LogP contribution in [0.15, 0.2) is 6.07 Å². The molecule has 1 heterocycles. The molecule has 106 valence electrons. The van der Waals surface area contributed by atoms with Crippen LogP contribution < -0.4 is 0 Å². The summed E-state index contributed by atoms with van der Waals surface area (Å²) in [5.74, 6) is 0.222. The highest BCUT2D eigenvalue weighted by molar-refractivity contribution is 7.14. The van der Waals surface area contributed by atoms with Crippen LogP contribution in [0, 0.1) is 6.92 Å². The number of carbonyl (C=O) groups excluding carboxylic acids is 1. The highest BCUT2D eigenvalue weighted by Crippen LogP contribution is 2.26. The summed E-state index contributed by atoms with van der Waals surface area (Å²) >= 11 is 1.67. The monoisotopic (exact) mass is 279 g/mol. The van der Waals surface area contributed by atoms with Crippen LogP contribution in [0.1, 0.15) is 65.6 Å². The molecule has 0 aliphatic heterocycles. The first-order valence-corrected chi connectivity index (χ1v) is 8.31. The molecule has 0 N–H and O–H groups in total. The van der Waals surface area contributed by atoms with E-state index in [4.69, 9.17) is 0 Å². The Morgan fingerprint density at radius 1 is 1.32 bits per heavy atom. The maximum absolute atomic E-state index is 12.6. The molecule has 19 heavy (non-hydrogen) atoms. The molecule has 3 heteroatoms. The summed E-state index contributed by atoms with van der Waals surface area (Å²) in [7, 11) is 1.99. The smallest absolute Gasteiger partial charge is 0.263 e. The van der Waals surface area contributed by atoms with Crippen LogP contribution in [-0.2, 0) is 6.42 Å². The molecule has 1 fully saturated rings. The Kier molecular flexibility index (Phi) is 5.03. The Balaban J connectivity index is 2.08. The number of thiophene rings is 1. The highest BCUT2D eigenvalue weighted by Gasteiger charge is 2.23. The summed E-state index contributed by atoms with van der Waals surface area (Å²) in [4.78, 5) is 16.8. The van der Waals surface area contributed by atoms with E-state index in [1.807, 2.05) is 11.9 Å². The molecule has 1 aliphatic carbocycles. The van der Waals surface area contributed by atoms with Gasteiger partial charge in [0.1, 0.15) is 0 Å². The molecule has 0 saturated heterocycles. The van der Waals surface area contributed by atoms with Gasteiger partial charge in [-0.15, -0.1) is 11.3 Å². The van der Waals surface area contributed by atoms with Crippen molar-refractivity contribution in [1.82, 2.24) is 4.90 Å². The highest BCUT2D eigenvalue weighted by atomic mass is 32.1. The lowest BCUT2D eigenvalue weighted by Crippen LogP contribution is -2.36. The van der Waals surface area contributed by atoms with Gasteiger partial charge in [-0.2, -0.15) is 0 Å². The average molecular weight is 279 g/mol. The van der Waals surface area contributed by atoms with Gasteiger partial charge in [-0.25, -0.2) is 0 Å². The van der Waals surface area contributed by atoms with E-state index in [0.29, 0.717) is 6.04 Å². The lowest BCUT2D eigenvalue weighted by Gasteiger charge is -2.26. The van der Waals surface area contributed by atoms with Crippen molar-refractivity contribution < 1.29 is 4.79 Å². The fourth-order valence-corrected chi connectivity index (χ4v) is 4.06. The molecule has 0 unspecified atom stereocenters. The van der Waals surface area contributed by atoms with E-state index >= 15 is 0 Å². The largest absolute Gasteiger partial charge is 0.338 e. The first-order valence-electron chi connectivity index (χ1n) is 7.50. The predicted molar refractivity (Wildman–Crippen MR) is 82.0 cm³/mol. The van der Waals surface area contributed by atoms with Crippen LogP contribution in [0.3, 0.4) is 0 Å². The molecule has 1 amide bonds. The minimum atomic E-state index is 0.222. The molecule has 2 rings (SSSR count). The number of hydrogen-bond donors (Lipinski definition) is 0. The van der Waals surface area contributed by atoms with E-state index in [1.54, 1.807) is 11.3 Å². The number of hydrogen-bond acceptors (Lipinski definition) is 2. The van der Waals surface area contributed by atoms with Crippen molar-refractivity contribution in [3.63, 3.8) is 0 Å². The quantitative estimate of drug-likeness (QED) is 0.750. The van der Waals surface area contributed by atoms with Gasteiger partial charge in [-0.3, -0.25) is 4.79 Å². The maximum Gasteiger partial charge on any atom is 0.263 e. The van der Waals surface area contributed by atoms with Crippen LogP contribution in [0.25, 0.3) is 0 Å². The average Bonchev–Trinajstić information content (AvgIpc) is 2.64. The third-order valence-corrected chi connectivity index (χ3v) is 5.61. The van der Waals surface area contributed by atoms with Crippen molar-refractivity contribution in [2.75, 3.05) is 7.05 Å². The Labute approximate surface area is 120 Å². The van der Waals surface area contributed by atoms with E-state index in [2.05, 4.69) is 19.9 Å². The number of rotatable bonds is 3. The Morgan fingerprint density at radius 3 is 2.47 bits per heavy atom. The summed E-state index contributed by atoms with van der Waals surface area (Å²) in [6.45, 7) is 4.26. The summed E-state index contributed by atoms with van der Waals surface area (Å²) in [5.41, 5.74) is 1.27. The molecule has 1 aromatic rings. The SMILES string of the molecule is CCc1sc(C(=O)N(C)C2CCCCCC2)cc1C. The van der Waals surface area contributed by atoms with Gasteiger partial charge in [0.25, 0.3) is 5.91 Å². The predicted octanol–water partition coefficient (Wildman–Crippen LogP) is 4.41. The van der Waals surface area contributed by atoms with Gasteiger partial charge < -0.3 is 4.90 Å². The van der Waals surface area contributed by atoms with Crippen molar-refractivity contribution >= 4 is 17.2 Å². The maximum atomic E-state index is 12.6. The van der Waals surface area contributed by atoms with Crippen molar-refractivity contribution in [3.05, 3.63) is 21.4 Å². The molecule has 1 saturated carbocycles. The van der Waals surface area contributed by atoms with Crippen LogP contribution in [0.5, 0.6) is 0 Å². The van der Waals surface area contributed by atoms with Gasteiger partial charge in [0.05, 0.1) is 4.88 Å². The molecule has 0 spiro atoms. The third-order valence-electron chi connectivity index (χ3n) is 4.25. The van der Waals surface area contributed by atoms with Crippen LogP contribution in [0.4, 0.5) is 0 Å². The van der Waals surface area contributed by atoms with Gasteiger partial charge in [-0.1, -0.05) is 32.6 Å². The lowest BCUT2D eigenvalue weighted by atomic mass is 10.1. The molecular weight excluding hydrogens is 254 g/mol. The first-order chi connectivity index (χ1) is 9.13. The first kappa shape index (κ1) is 14.6. The second kappa shape index (κ2) is 6.56. The Bertz CT molecular complexity index is 430. The Hall–Kier alpha value is -0.830. The molecule has 2 nitrogen and oxygen atoms in total. The summed E-state index contributed by atoms with van der Waals surface area (Å²) in [6, 6.07) is 2.52. The second-order valence-electron chi connectivity index (χ2n) is 5.63. The van der Waals surface area contributed by atoms with Crippen LogP contribution in [-0.4, -0.2) is 23.9 Å². The van der Waals surface area contributed by atoms with Crippen molar-refractivity contribution in [3.8, 4) is 0 Å². The molecule has 0 bridgehead atoms. The zero-order chi connectivity index (χ0) is 13.8. The number of nitrogens with zero attached hydrogens (tertiary/aromatic N) is 1. The normalized spacial score (nSPS) is 17.2. The van der Waals surface area contributed by atoms with Gasteiger partial charge in [0.15, 0.2) is 0 Å². The molecule has 1 aromatic heterocycles. The van der Waals surface area contributed by atoms with Gasteiger partial charge in [-0.05, 0) is 37.8 Å². The topological polar surface area (TPSA) is 20.3 Å². The number of aryl methyl sites for hydroxylation is 2. The van der Waals surface area contributed by atoms with E-state index < -0.39 is 0 Å². The van der Waals surface area contributed by atoms with E-state index in [0.717, 1.165) is 11.3 Å². The van der Waals surface area contributed by atoms with Crippen LogP contribution in [0.2, 0.25) is 0 Å². The standard InChI is InChI=1S/C16H25NOS/c1-4-14-12(2)11-15(19-14)16(18)17(3)13-9-7-5-6-8-10-13/h11,13H,4-10H2,1-3H3. The van der Waals surface area contributed by atoms with Crippen LogP contribution >= 0.6 is 11.3 Å². The molecule has 0 aromatic carbocycles. The minimum absolute atomic E-state index is 0.222. The van der Waals surface area contributed by atoms with E-state index in [1.165, 1.54) is 49.0 Å². The molecule has 1 aliphatic rings. The van der Waals surface area contributed by atoms with Gasteiger partial charge in [0, 0.05) is 18.0 Å². The number of amides is 1. The summed E-state index contributed by atoms with van der Waals surface area (Å²) < 4.78 is 0. The van der Waals surface area contributed by atoms with Crippen molar-refractivity contribution in [2.24, 2.45) is 0 Å². The Morgan fingerprint density at radius 2 is 1.95 bits per heavy atom. The van der Waals surface area contributed by atoms with Gasteiger partial charge in [0.2, 0.25) is 0 Å².